The smallest absolute Gasteiger partial charge is 0.287 e. The summed E-state index contributed by atoms with van der Waals surface area (Å²) < 4.78 is 5.34. The number of furan rings is 1. The van der Waals surface area contributed by atoms with Gasteiger partial charge in [0.25, 0.3) is 5.91 Å². The molecule has 1 atom stereocenters. The van der Waals surface area contributed by atoms with Crippen LogP contribution in [0.3, 0.4) is 0 Å². The average Bonchev–Trinajstić information content (AvgIpc) is 2.95. The minimum atomic E-state index is -0.437. The summed E-state index contributed by atoms with van der Waals surface area (Å²) in [5.74, 6) is 1.18. The summed E-state index contributed by atoms with van der Waals surface area (Å²) in [6, 6.07) is 1.84. The van der Waals surface area contributed by atoms with Gasteiger partial charge in [-0.25, -0.2) is 0 Å². The van der Waals surface area contributed by atoms with Crippen LogP contribution in [0.25, 0.3) is 0 Å². The van der Waals surface area contributed by atoms with Gasteiger partial charge >= 0.3 is 0 Å². The maximum absolute atomic E-state index is 11.9. The van der Waals surface area contributed by atoms with E-state index in [9.17, 15) is 9.90 Å². The minimum absolute atomic E-state index is 0.238. The number of nitrogens with one attached hydrogen (secondary N) is 1. The van der Waals surface area contributed by atoms with Crippen molar-refractivity contribution in [2.75, 3.05) is 6.54 Å². The van der Waals surface area contributed by atoms with Crippen molar-refractivity contribution in [2.24, 2.45) is 5.92 Å². The monoisotopic (exact) mass is 251 g/mol. The fourth-order valence-electron chi connectivity index (χ4n) is 2.65. The summed E-state index contributed by atoms with van der Waals surface area (Å²) in [5.41, 5.74) is 0.834. The van der Waals surface area contributed by atoms with Crippen molar-refractivity contribution in [1.29, 1.82) is 0 Å². The van der Waals surface area contributed by atoms with E-state index in [2.05, 4.69) is 5.32 Å². The first kappa shape index (κ1) is 13.1. The van der Waals surface area contributed by atoms with E-state index in [1.165, 1.54) is 12.8 Å². The lowest BCUT2D eigenvalue weighted by Crippen LogP contribution is -2.35. The van der Waals surface area contributed by atoms with Crippen molar-refractivity contribution in [3.05, 3.63) is 23.2 Å². The highest BCUT2D eigenvalue weighted by Gasteiger charge is 2.24. The fraction of sp³-hybridized carbons (Fsp3) is 0.643. The minimum Gasteiger partial charge on any atom is -0.456 e. The van der Waals surface area contributed by atoms with Gasteiger partial charge in [0.15, 0.2) is 5.76 Å². The molecule has 0 bridgehead atoms. The second-order valence-corrected chi connectivity index (χ2v) is 5.19. The van der Waals surface area contributed by atoms with Crippen LogP contribution in [-0.4, -0.2) is 23.7 Å². The number of rotatable bonds is 4. The third-order valence-corrected chi connectivity index (χ3v) is 3.66. The molecular weight excluding hydrogens is 230 g/mol. The molecule has 2 N–H and O–H groups in total. The van der Waals surface area contributed by atoms with Crippen LogP contribution in [0.4, 0.5) is 0 Å². The summed E-state index contributed by atoms with van der Waals surface area (Å²) >= 11 is 0. The molecule has 0 aliphatic heterocycles. The number of amides is 1. The zero-order valence-corrected chi connectivity index (χ0v) is 11.0. The van der Waals surface area contributed by atoms with E-state index < -0.39 is 6.10 Å². The predicted molar refractivity (Wildman–Crippen MR) is 68.5 cm³/mol. The molecule has 0 saturated heterocycles. The Balaban J connectivity index is 1.86. The van der Waals surface area contributed by atoms with E-state index in [-0.39, 0.29) is 5.91 Å². The van der Waals surface area contributed by atoms with Crippen LogP contribution in [0.2, 0.25) is 0 Å². The highest BCUT2D eigenvalue weighted by molar-refractivity contribution is 5.92. The van der Waals surface area contributed by atoms with Crippen molar-refractivity contribution in [3.63, 3.8) is 0 Å². The fourth-order valence-corrected chi connectivity index (χ4v) is 2.65. The molecule has 1 aromatic rings. The van der Waals surface area contributed by atoms with Crippen molar-refractivity contribution < 1.29 is 14.3 Å². The molecule has 4 heteroatoms. The second kappa shape index (κ2) is 5.57. The third-order valence-electron chi connectivity index (χ3n) is 3.66. The predicted octanol–water partition coefficient (Wildman–Crippen LogP) is 2.18. The van der Waals surface area contributed by atoms with E-state index in [0.29, 0.717) is 18.2 Å². The zero-order chi connectivity index (χ0) is 13.1. The first-order valence-electron chi connectivity index (χ1n) is 6.61. The summed E-state index contributed by atoms with van der Waals surface area (Å²) in [7, 11) is 0. The van der Waals surface area contributed by atoms with Gasteiger partial charge in [-0.05, 0) is 38.7 Å². The quantitative estimate of drug-likeness (QED) is 0.862. The molecule has 0 aromatic carbocycles. The Morgan fingerprint density at radius 3 is 2.72 bits per heavy atom. The Morgan fingerprint density at radius 2 is 2.17 bits per heavy atom. The summed E-state index contributed by atoms with van der Waals surface area (Å²) in [6.07, 6.45) is 4.07. The molecule has 0 spiro atoms. The normalized spacial score (nSPS) is 17.9. The maximum Gasteiger partial charge on any atom is 0.287 e. The standard InChI is InChI=1S/C14H21NO3/c1-9-7-10(2)18-13(9)14(17)15-8-12(16)11-5-3-4-6-11/h7,11-12,16H,3-6,8H2,1-2H3,(H,15,17). The maximum atomic E-state index is 11.9. The number of hydrogen-bond acceptors (Lipinski definition) is 3. The highest BCUT2D eigenvalue weighted by Crippen LogP contribution is 2.27. The van der Waals surface area contributed by atoms with Crippen molar-refractivity contribution in [3.8, 4) is 0 Å². The number of aryl methyl sites for hydroxylation is 2. The van der Waals surface area contributed by atoms with Gasteiger partial charge in [0, 0.05) is 12.1 Å². The van der Waals surface area contributed by atoms with Gasteiger partial charge in [0.2, 0.25) is 0 Å². The molecule has 1 unspecified atom stereocenters. The Morgan fingerprint density at radius 1 is 1.50 bits per heavy atom. The van der Waals surface area contributed by atoms with Gasteiger partial charge in [0.1, 0.15) is 5.76 Å². The molecule has 100 valence electrons. The van der Waals surface area contributed by atoms with E-state index in [1.54, 1.807) is 0 Å². The lowest BCUT2D eigenvalue weighted by atomic mass is 10.0. The lowest BCUT2D eigenvalue weighted by molar-refractivity contribution is 0.0816. The Hall–Kier alpha value is -1.29. The second-order valence-electron chi connectivity index (χ2n) is 5.19. The van der Waals surface area contributed by atoms with Crippen molar-refractivity contribution in [2.45, 2.75) is 45.6 Å². The van der Waals surface area contributed by atoms with Gasteiger partial charge in [-0.1, -0.05) is 12.8 Å². The highest BCUT2D eigenvalue weighted by atomic mass is 16.3. The first-order chi connectivity index (χ1) is 8.58. The molecule has 1 fully saturated rings. The van der Waals surface area contributed by atoms with Gasteiger partial charge in [-0.15, -0.1) is 0 Å². The summed E-state index contributed by atoms with van der Waals surface area (Å²) in [6.45, 7) is 3.97. The molecule has 1 aromatic heterocycles. The Labute approximate surface area is 107 Å². The van der Waals surface area contributed by atoms with Crippen LogP contribution in [0.5, 0.6) is 0 Å². The largest absolute Gasteiger partial charge is 0.456 e. The Kier molecular flexibility index (Phi) is 4.07. The first-order valence-corrected chi connectivity index (χ1v) is 6.61. The lowest BCUT2D eigenvalue weighted by Gasteiger charge is -2.17. The van der Waals surface area contributed by atoms with E-state index in [1.807, 2.05) is 19.9 Å². The van der Waals surface area contributed by atoms with Gasteiger partial charge in [-0.2, -0.15) is 0 Å². The van der Waals surface area contributed by atoms with E-state index in [0.717, 1.165) is 24.2 Å². The Bertz CT molecular complexity index is 419. The average molecular weight is 251 g/mol. The molecule has 1 heterocycles. The van der Waals surface area contributed by atoms with Gasteiger partial charge in [0.05, 0.1) is 6.10 Å². The van der Waals surface area contributed by atoms with Crippen LogP contribution >= 0.6 is 0 Å². The van der Waals surface area contributed by atoms with Crippen molar-refractivity contribution >= 4 is 5.91 Å². The molecule has 18 heavy (non-hydrogen) atoms. The van der Waals surface area contributed by atoms with Crippen LogP contribution < -0.4 is 5.32 Å². The molecule has 1 saturated carbocycles. The van der Waals surface area contributed by atoms with Crippen molar-refractivity contribution in [1.82, 2.24) is 5.32 Å². The number of carbonyl (C=O) groups is 1. The van der Waals surface area contributed by atoms with Gasteiger partial charge in [-0.3, -0.25) is 4.79 Å². The number of hydrogen-bond donors (Lipinski definition) is 2. The third kappa shape index (κ3) is 2.93. The van der Waals surface area contributed by atoms with Crippen LogP contribution in [0.1, 0.15) is 47.6 Å². The van der Waals surface area contributed by atoms with E-state index >= 15 is 0 Å². The number of carbonyl (C=O) groups excluding carboxylic acids is 1. The SMILES string of the molecule is Cc1cc(C)c(C(=O)NCC(O)C2CCCC2)o1. The molecule has 1 amide bonds. The number of aliphatic hydroxyl groups excluding tert-OH is 1. The van der Waals surface area contributed by atoms with E-state index in [4.69, 9.17) is 4.42 Å². The van der Waals surface area contributed by atoms with Gasteiger partial charge < -0.3 is 14.8 Å². The number of aliphatic hydroxyl groups is 1. The summed E-state index contributed by atoms with van der Waals surface area (Å²) in [5, 5.41) is 12.7. The zero-order valence-electron chi connectivity index (χ0n) is 11.0. The molecule has 4 nitrogen and oxygen atoms in total. The molecule has 1 aliphatic carbocycles. The van der Waals surface area contributed by atoms with Crippen LogP contribution in [0, 0.1) is 19.8 Å². The molecule has 1 aliphatic rings. The van der Waals surface area contributed by atoms with Crippen LogP contribution in [-0.2, 0) is 0 Å². The molecular formula is C14H21NO3. The molecule has 2 rings (SSSR count). The van der Waals surface area contributed by atoms with Crippen LogP contribution in [0.15, 0.2) is 10.5 Å². The topological polar surface area (TPSA) is 62.5 Å². The molecule has 0 radical (unpaired) electrons. The summed E-state index contributed by atoms with van der Waals surface area (Å²) in [4.78, 5) is 11.9.